The Labute approximate surface area is 169 Å². The van der Waals surface area contributed by atoms with Gasteiger partial charge in [-0.25, -0.2) is 9.67 Å². The lowest BCUT2D eigenvalue weighted by molar-refractivity contribution is 0.265. The van der Waals surface area contributed by atoms with E-state index in [0.717, 1.165) is 42.5 Å². The quantitative estimate of drug-likeness (QED) is 0.596. The van der Waals surface area contributed by atoms with Gasteiger partial charge in [-0.05, 0) is 51.3 Å². The summed E-state index contributed by atoms with van der Waals surface area (Å²) < 4.78 is 1.93. The van der Waals surface area contributed by atoms with E-state index in [1.54, 1.807) is 0 Å². The number of aromatic nitrogens is 2. The van der Waals surface area contributed by atoms with Gasteiger partial charge in [-0.3, -0.25) is 4.90 Å². The van der Waals surface area contributed by atoms with Crippen molar-refractivity contribution in [2.45, 2.75) is 53.2 Å². The Hall–Kier alpha value is -2.34. The van der Waals surface area contributed by atoms with Gasteiger partial charge in [0.2, 0.25) is 0 Å². The van der Waals surface area contributed by atoms with Gasteiger partial charge in [0.25, 0.3) is 0 Å². The van der Waals surface area contributed by atoms with Crippen molar-refractivity contribution in [1.82, 2.24) is 25.3 Å². The van der Waals surface area contributed by atoms with E-state index in [4.69, 9.17) is 4.99 Å². The summed E-state index contributed by atoms with van der Waals surface area (Å²) in [5, 5.41) is 11.6. The van der Waals surface area contributed by atoms with Crippen LogP contribution in [0.5, 0.6) is 0 Å². The molecule has 0 saturated carbocycles. The summed E-state index contributed by atoms with van der Waals surface area (Å²) in [6.07, 6.45) is 2.00. The number of aliphatic imine (C=N–C) groups is 1. The highest BCUT2D eigenvalue weighted by Gasteiger charge is 2.31. The molecule has 1 saturated heterocycles. The van der Waals surface area contributed by atoms with E-state index in [-0.39, 0.29) is 0 Å². The molecule has 28 heavy (non-hydrogen) atoms. The molecule has 0 radical (unpaired) electrons. The summed E-state index contributed by atoms with van der Waals surface area (Å²) in [5.74, 6) is 1.49. The minimum Gasteiger partial charge on any atom is -0.357 e. The number of rotatable bonds is 6. The minimum atomic E-state index is 0.421. The Bertz CT molecular complexity index is 794. The second-order valence-electron chi connectivity index (χ2n) is 8.00. The maximum atomic E-state index is 4.88. The molecule has 2 aromatic rings. The molecule has 2 N–H and O–H groups in total. The molecule has 6 heteroatoms. The smallest absolute Gasteiger partial charge is 0.191 e. The van der Waals surface area contributed by atoms with Crippen LogP contribution in [-0.2, 0) is 6.54 Å². The average molecular weight is 383 g/mol. The predicted octanol–water partition coefficient (Wildman–Crippen LogP) is 2.96. The highest BCUT2D eigenvalue weighted by Crippen LogP contribution is 2.19. The Morgan fingerprint density at radius 1 is 1.25 bits per heavy atom. The SMILES string of the molecule is CCNC(=NCc1ccccc1-n1ccc(C)n1)NC1CN(C(C)C)CC1C. The Morgan fingerprint density at radius 3 is 2.68 bits per heavy atom. The van der Waals surface area contributed by atoms with E-state index >= 15 is 0 Å². The molecular formula is C22H34N6. The van der Waals surface area contributed by atoms with Gasteiger partial charge in [0.1, 0.15) is 0 Å². The molecule has 0 spiro atoms. The molecule has 2 heterocycles. The van der Waals surface area contributed by atoms with Crippen LogP contribution in [0.15, 0.2) is 41.5 Å². The Kier molecular flexibility index (Phi) is 6.73. The van der Waals surface area contributed by atoms with Gasteiger partial charge in [0.05, 0.1) is 17.9 Å². The van der Waals surface area contributed by atoms with Gasteiger partial charge in [-0.2, -0.15) is 5.10 Å². The van der Waals surface area contributed by atoms with Crippen LogP contribution in [0, 0.1) is 12.8 Å². The molecule has 152 valence electrons. The fourth-order valence-electron chi connectivity index (χ4n) is 3.69. The topological polar surface area (TPSA) is 57.5 Å². The first-order chi connectivity index (χ1) is 13.5. The van der Waals surface area contributed by atoms with Crippen molar-refractivity contribution < 1.29 is 0 Å². The molecular weight excluding hydrogens is 348 g/mol. The van der Waals surface area contributed by atoms with Crippen LogP contribution in [-0.4, -0.2) is 52.4 Å². The second-order valence-corrected chi connectivity index (χ2v) is 8.00. The summed E-state index contributed by atoms with van der Waals surface area (Å²) in [7, 11) is 0. The zero-order chi connectivity index (χ0) is 20.1. The second kappa shape index (κ2) is 9.24. The summed E-state index contributed by atoms with van der Waals surface area (Å²) >= 11 is 0. The van der Waals surface area contributed by atoms with Crippen molar-refractivity contribution in [3.8, 4) is 5.69 Å². The number of nitrogens with one attached hydrogen (secondary N) is 2. The van der Waals surface area contributed by atoms with Gasteiger partial charge in [-0.15, -0.1) is 0 Å². The largest absolute Gasteiger partial charge is 0.357 e. The minimum absolute atomic E-state index is 0.421. The van der Waals surface area contributed by atoms with Crippen LogP contribution < -0.4 is 10.6 Å². The monoisotopic (exact) mass is 382 g/mol. The van der Waals surface area contributed by atoms with Crippen molar-refractivity contribution in [1.29, 1.82) is 0 Å². The molecule has 1 aliphatic rings. The molecule has 1 aromatic heterocycles. The maximum absolute atomic E-state index is 4.88. The molecule has 0 aliphatic carbocycles. The van der Waals surface area contributed by atoms with E-state index in [9.17, 15) is 0 Å². The predicted molar refractivity (Wildman–Crippen MR) is 116 cm³/mol. The summed E-state index contributed by atoms with van der Waals surface area (Å²) in [6.45, 7) is 14.6. The Balaban J connectivity index is 1.74. The first-order valence-corrected chi connectivity index (χ1v) is 10.4. The first-order valence-electron chi connectivity index (χ1n) is 10.4. The zero-order valence-electron chi connectivity index (χ0n) is 17.8. The Morgan fingerprint density at radius 2 is 2.04 bits per heavy atom. The van der Waals surface area contributed by atoms with Crippen LogP contribution in [0.4, 0.5) is 0 Å². The van der Waals surface area contributed by atoms with Gasteiger partial charge in [-0.1, -0.05) is 25.1 Å². The average Bonchev–Trinajstić information content (AvgIpc) is 3.26. The van der Waals surface area contributed by atoms with Gasteiger partial charge >= 0.3 is 0 Å². The lowest BCUT2D eigenvalue weighted by atomic mass is 10.1. The third-order valence-electron chi connectivity index (χ3n) is 5.41. The van der Waals surface area contributed by atoms with Crippen molar-refractivity contribution in [3.05, 3.63) is 47.8 Å². The number of aryl methyl sites for hydroxylation is 1. The number of nitrogens with zero attached hydrogens (tertiary/aromatic N) is 4. The number of benzene rings is 1. The van der Waals surface area contributed by atoms with Crippen molar-refractivity contribution in [2.24, 2.45) is 10.9 Å². The fraction of sp³-hybridized carbons (Fsp3) is 0.545. The number of hydrogen-bond donors (Lipinski definition) is 2. The lowest BCUT2D eigenvalue weighted by Crippen LogP contribution is -2.46. The molecule has 2 unspecified atom stereocenters. The number of likely N-dealkylation sites (tertiary alicyclic amines) is 1. The first kappa shape index (κ1) is 20.4. The van der Waals surface area contributed by atoms with Gasteiger partial charge in [0.15, 0.2) is 5.96 Å². The zero-order valence-corrected chi connectivity index (χ0v) is 17.8. The molecule has 0 amide bonds. The van der Waals surface area contributed by atoms with E-state index in [0.29, 0.717) is 24.5 Å². The maximum Gasteiger partial charge on any atom is 0.191 e. The molecule has 3 rings (SSSR count). The third kappa shape index (κ3) is 4.93. The molecule has 1 aromatic carbocycles. The van der Waals surface area contributed by atoms with Crippen LogP contribution in [0.25, 0.3) is 5.69 Å². The van der Waals surface area contributed by atoms with Gasteiger partial charge < -0.3 is 10.6 Å². The molecule has 6 nitrogen and oxygen atoms in total. The van der Waals surface area contributed by atoms with E-state index in [1.807, 2.05) is 29.9 Å². The van der Waals surface area contributed by atoms with Crippen molar-refractivity contribution in [2.75, 3.05) is 19.6 Å². The highest BCUT2D eigenvalue weighted by atomic mass is 15.3. The van der Waals surface area contributed by atoms with Gasteiger partial charge in [0, 0.05) is 37.9 Å². The molecule has 1 fully saturated rings. The van der Waals surface area contributed by atoms with E-state index in [2.05, 4.69) is 66.5 Å². The van der Waals surface area contributed by atoms with Crippen LogP contribution in [0.2, 0.25) is 0 Å². The highest BCUT2D eigenvalue weighted by molar-refractivity contribution is 5.80. The van der Waals surface area contributed by atoms with Crippen LogP contribution in [0.1, 0.15) is 39.0 Å². The molecule has 2 atom stereocenters. The van der Waals surface area contributed by atoms with Crippen LogP contribution >= 0.6 is 0 Å². The number of para-hydroxylation sites is 1. The normalized spacial score (nSPS) is 20.7. The molecule has 0 bridgehead atoms. The van der Waals surface area contributed by atoms with E-state index in [1.165, 1.54) is 0 Å². The lowest BCUT2D eigenvalue weighted by Gasteiger charge is -2.22. The van der Waals surface area contributed by atoms with Crippen molar-refractivity contribution in [3.63, 3.8) is 0 Å². The fourth-order valence-corrected chi connectivity index (χ4v) is 3.69. The van der Waals surface area contributed by atoms with E-state index < -0.39 is 0 Å². The standard InChI is InChI=1S/C22H34N6/c1-6-23-22(25-20-15-27(16(2)3)14-17(20)4)24-13-19-9-7-8-10-21(19)28-12-11-18(5)26-28/h7-12,16-17,20H,6,13-15H2,1-5H3,(H2,23,24,25). The number of guanidine groups is 1. The summed E-state index contributed by atoms with van der Waals surface area (Å²) in [5.41, 5.74) is 3.25. The third-order valence-corrected chi connectivity index (χ3v) is 5.41. The number of hydrogen-bond acceptors (Lipinski definition) is 3. The summed E-state index contributed by atoms with van der Waals surface area (Å²) in [6, 6.07) is 11.3. The summed E-state index contributed by atoms with van der Waals surface area (Å²) in [4.78, 5) is 7.41. The molecule has 1 aliphatic heterocycles. The van der Waals surface area contributed by atoms with Crippen LogP contribution in [0.3, 0.4) is 0 Å². The van der Waals surface area contributed by atoms with Crippen molar-refractivity contribution >= 4 is 5.96 Å².